The van der Waals surface area contributed by atoms with Crippen LogP contribution < -0.4 is 14.8 Å². The Balaban J connectivity index is 2.06. The van der Waals surface area contributed by atoms with Gasteiger partial charge in [-0.15, -0.1) is 0 Å². The van der Waals surface area contributed by atoms with Crippen LogP contribution in [0, 0.1) is 11.3 Å². The zero-order chi connectivity index (χ0) is 16.8. The number of methoxy groups -OCH3 is 1. The van der Waals surface area contributed by atoms with Gasteiger partial charge in [-0.1, -0.05) is 15.9 Å². The molecule has 118 valence electrons. The number of halogens is 1. The summed E-state index contributed by atoms with van der Waals surface area (Å²) in [4.78, 5) is 12.2. The Labute approximate surface area is 143 Å². The van der Waals surface area contributed by atoms with Crippen LogP contribution in [-0.2, 0) is 4.79 Å². The van der Waals surface area contributed by atoms with E-state index in [-0.39, 0.29) is 5.91 Å². The third-order valence-corrected chi connectivity index (χ3v) is 3.61. The molecular weight excluding hydrogens is 360 g/mol. The van der Waals surface area contributed by atoms with Gasteiger partial charge in [0.15, 0.2) is 17.6 Å². The van der Waals surface area contributed by atoms with E-state index in [9.17, 15) is 4.79 Å². The Morgan fingerprint density at radius 3 is 2.52 bits per heavy atom. The summed E-state index contributed by atoms with van der Waals surface area (Å²) in [5.74, 6) is 0.538. The molecule has 0 heterocycles. The first-order valence-corrected chi connectivity index (χ1v) is 7.64. The first kappa shape index (κ1) is 16.8. The van der Waals surface area contributed by atoms with E-state index in [2.05, 4.69) is 21.2 Å². The lowest BCUT2D eigenvalue weighted by molar-refractivity contribution is -0.122. The maximum Gasteiger partial charge on any atom is 0.265 e. The van der Waals surface area contributed by atoms with Gasteiger partial charge in [0, 0.05) is 16.2 Å². The molecule has 0 fully saturated rings. The summed E-state index contributed by atoms with van der Waals surface area (Å²) in [5, 5.41) is 11.7. The normalized spacial score (nSPS) is 11.2. The molecule has 0 unspecified atom stereocenters. The predicted octanol–water partition coefficient (Wildman–Crippen LogP) is 3.74. The monoisotopic (exact) mass is 374 g/mol. The molecule has 23 heavy (non-hydrogen) atoms. The van der Waals surface area contributed by atoms with E-state index in [1.54, 1.807) is 37.3 Å². The van der Waals surface area contributed by atoms with Gasteiger partial charge in [0.1, 0.15) is 0 Å². The van der Waals surface area contributed by atoms with Crippen LogP contribution in [0.4, 0.5) is 5.69 Å². The van der Waals surface area contributed by atoms with Crippen LogP contribution in [0.25, 0.3) is 0 Å². The van der Waals surface area contributed by atoms with Crippen LogP contribution in [-0.4, -0.2) is 19.1 Å². The number of amides is 1. The Hall–Kier alpha value is -2.52. The Morgan fingerprint density at radius 1 is 1.22 bits per heavy atom. The van der Waals surface area contributed by atoms with E-state index in [0.29, 0.717) is 22.7 Å². The predicted molar refractivity (Wildman–Crippen MR) is 90.6 cm³/mol. The maximum atomic E-state index is 12.2. The van der Waals surface area contributed by atoms with E-state index < -0.39 is 6.10 Å². The number of nitrogens with zero attached hydrogens (tertiary/aromatic N) is 1. The number of benzene rings is 2. The summed E-state index contributed by atoms with van der Waals surface area (Å²) in [6.45, 7) is 1.64. The minimum atomic E-state index is -0.722. The quantitative estimate of drug-likeness (QED) is 0.865. The molecule has 1 amide bonds. The van der Waals surface area contributed by atoms with E-state index in [4.69, 9.17) is 14.7 Å². The molecule has 6 heteroatoms. The largest absolute Gasteiger partial charge is 0.493 e. The Kier molecular flexibility index (Phi) is 5.61. The molecule has 0 aromatic heterocycles. The average Bonchev–Trinajstić information content (AvgIpc) is 2.57. The molecule has 0 saturated heterocycles. The van der Waals surface area contributed by atoms with Crippen LogP contribution in [0.3, 0.4) is 0 Å². The highest BCUT2D eigenvalue weighted by Gasteiger charge is 2.17. The van der Waals surface area contributed by atoms with Crippen LogP contribution in [0.2, 0.25) is 0 Å². The number of anilines is 1. The number of ether oxygens (including phenoxy) is 2. The number of carbonyl (C=O) groups excluding carboxylic acids is 1. The van der Waals surface area contributed by atoms with Crippen molar-refractivity contribution in [2.75, 3.05) is 12.4 Å². The molecule has 0 aliphatic rings. The molecule has 0 spiro atoms. The number of nitrogens with one attached hydrogen (secondary N) is 1. The fraction of sp³-hybridized carbons (Fsp3) is 0.176. The highest BCUT2D eigenvalue weighted by atomic mass is 79.9. The second-order valence-corrected chi connectivity index (χ2v) is 5.65. The van der Waals surface area contributed by atoms with Gasteiger partial charge in [0.2, 0.25) is 0 Å². The number of hydrogen-bond donors (Lipinski definition) is 1. The lowest BCUT2D eigenvalue weighted by atomic mass is 10.2. The molecule has 2 aromatic rings. The summed E-state index contributed by atoms with van der Waals surface area (Å²) in [6.07, 6.45) is -0.722. The van der Waals surface area contributed by atoms with Crippen LogP contribution in [0.5, 0.6) is 11.5 Å². The number of rotatable bonds is 5. The molecule has 1 N–H and O–H groups in total. The van der Waals surface area contributed by atoms with Gasteiger partial charge in [-0.05, 0) is 43.3 Å². The zero-order valence-corrected chi connectivity index (χ0v) is 14.3. The van der Waals surface area contributed by atoms with Crippen molar-refractivity contribution in [2.45, 2.75) is 13.0 Å². The van der Waals surface area contributed by atoms with Gasteiger partial charge >= 0.3 is 0 Å². The first-order chi connectivity index (χ1) is 11.0. The fourth-order valence-electron chi connectivity index (χ4n) is 1.86. The molecule has 0 aliphatic heterocycles. The summed E-state index contributed by atoms with van der Waals surface area (Å²) < 4.78 is 11.8. The van der Waals surface area contributed by atoms with Crippen LogP contribution >= 0.6 is 15.9 Å². The van der Waals surface area contributed by atoms with Crippen molar-refractivity contribution in [3.8, 4) is 17.6 Å². The summed E-state index contributed by atoms with van der Waals surface area (Å²) >= 11 is 3.34. The van der Waals surface area contributed by atoms with Crippen molar-refractivity contribution in [1.82, 2.24) is 0 Å². The van der Waals surface area contributed by atoms with E-state index in [1.165, 1.54) is 7.11 Å². The van der Waals surface area contributed by atoms with Crippen molar-refractivity contribution in [2.24, 2.45) is 0 Å². The van der Waals surface area contributed by atoms with Gasteiger partial charge in [-0.2, -0.15) is 5.26 Å². The lowest BCUT2D eigenvalue weighted by Crippen LogP contribution is -2.30. The fourth-order valence-corrected chi connectivity index (χ4v) is 2.12. The first-order valence-electron chi connectivity index (χ1n) is 6.84. The van der Waals surface area contributed by atoms with Crippen molar-refractivity contribution >= 4 is 27.5 Å². The summed E-state index contributed by atoms with van der Waals surface area (Å²) in [7, 11) is 1.48. The third-order valence-electron chi connectivity index (χ3n) is 3.08. The van der Waals surface area contributed by atoms with Gasteiger partial charge in [0.05, 0.1) is 18.7 Å². The topological polar surface area (TPSA) is 71.3 Å². The highest BCUT2D eigenvalue weighted by Crippen LogP contribution is 2.29. The van der Waals surface area contributed by atoms with Crippen molar-refractivity contribution in [3.05, 3.63) is 52.5 Å². The lowest BCUT2D eigenvalue weighted by Gasteiger charge is -2.17. The van der Waals surface area contributed by atoms with E-state index in [0.717, 1.165) is 4.47 Å². The number of hydrogen-bond acceptors (Lipinski definition) is 4. The second-order valence-electron chi connectivity index (χ2n) is 4.73. The molecule has 0 radical (unpaired) electrons. The highest BCUT2D eigenvalue weighted by molar-refractivity contribution is 9.10. The second kappa shape index (κ2) is 7.65. The van der Waals surface area contributed by atoms with Gasteiger partial charge in [0.25, 0.3) is 5.91 Å². The van der Waals surface area contributed by atoms with Gasteiger partial charge < -0.3 is 14.8 Å². The molecule has 2 rings (SSSR count). The number of nitriles is 1. The average molecular weight is 375 g/mol. The van der Waals surface area contributed by atoms with Crippen molar-refractivity contribution in [3.63, 3.8) is 0 Å². The summed E-state index contributed by atoms with van der Waals surface area (Å²) in [6, 6.07) is 14.1. The molecule has 1 atom stereocenters. The van der Waals surface area contributed by atoms with Crippen LogP contribution in [0.15, 0.2) is 46.9 Å². The van der Waals surface area contributed by atoms with Gasteiger partial charge in [-0.3, -0.25) is 4.79 Å². The third kappa shape index (κ3) is 4.47. The number of carbonyl (C=O) groups is 1. The minimum absolute atomic E-state index is 0.279. The zero-order valence-electron chi connectivity index (χ0n) is 12.7. The standard InChI is InChI=1S/C17H15BrN2O3/c1-11(17(21)20-14-6-4-13(18)5-7-14)23-15-8-3-12(10-19)9-16(15)22-2/h3-9,11H,1-2H3,(H,20,21)/t11-/m0/s1. The Bertz CT molecular complexity index is 738. The van der Waals surface area contributed by atoms with E-state index in [1.807, 2.05) is 18.2 Å². The van der Waals surface area contributed by atoms with E-state index >= 15 is 0 Å². The molecule has 0 bridgehead atoms. The molecular formula is C17H15BrN2O3. The van der Waals surface area contributed by atoms with Crippen molar-refractivity contribution < 1.29 is 14.3 Å². The SMILES string of the molecule is COc1cc(C#N)ccc1O[C@@H](C)C(=O)Nc1ccc(Br)cc1. The summed E-state index contributed by atoms with van der Waals surface area (Å²) in [5.41, 5.74) is 1.14. The molecule has 5 nitrogen and oxygen atoms in total. The molecule has 0 aliphatic carbocycles. The van der Waals surface area contributed by atoms with Crippen molar-refractivity contribution in [1.29, 1.82) is 5.26 Å². The molecule has 2 aromatic carbocycles. The van der Waals surface area contributed by atoms with Gasteiger partial charge in [-0.25, -0.2) is 0 Å². The van der Waals surface area contributed by atoms with Crippen LogP contribution in [0.1, 0.15) is 12.5 Å². The minimum Gasteiger partial charge on any atom is -0.493 e. The molecule has 0 saturated carbocycles. The maximum absolute atomic E-state index is 12.2. The Morgan fingerprint density at radius 2 is 1.91 bits per heavy atom. The smallest absolute Gasteiger partial charge is 0.265 e.